The maximum absolute atomic E-state index is 15.0. The van der Waals surface area contributed by atoms with Crippen molar-refractivity contribution in [2.24, 2.45) is 11.7 Å². The number of rotatable bonds is 3. The summed E-state index contributed by atoms with van der Waals surface area (Å²) < 4.78 is 35.5. The van der Waals surface area contributed by atoms with Gasteiger partial charge in [-0.25, -0.2) is 9.18 Å². The molecule has 9 heteroatoms. The van der Waals surface area contributed by atoms with Crippen LogP contribution in [0.2, 0.25) is 0 Å². The Hall–Kier alpha value is -2.68. The predicted molar refractivity (Wildman–Crippen MR) is 95.0 cm³/mol. The Labute approximate surface area is 152 Å². The molecule has 1 aromatic heterocycles. The lowest BCUT2D eigenvalue weighted by atomic mass is 10.1. The van der Waals surface area contributed by atoms with Gasteiger partial charge in [0, 0.05) is 31.2 Å². The van der Waals surface area contributed by atoms with Crippen molar-refractivity contribution in [2.75, 3.05) is 31.3 Å². The van der Waals surface area contributed by atoms with Crippen molar-refractivity contribution < 1.29 is 23.4 Å². The molecule has 2 aliphatic rings. The Morgan fingerprint density at radius 2 is 2.19 bits per heavy atom. The zero-order chi connectivity index (χ0) is 19.5. The van der Waals surface area contributed by atoms with E-state index in [-0.39, 0.29) is 42.6 Å². The summed E-state index contributed by atoms with van der Waals surface area (Å²) in [5.41, 5.74) is 5.24. The van der Waals surface area contributed by atoms with Gasteiger partial charge < -0.3 is 25.0 Å². The highest BCUT2D eigenvalue weighted by atomic mass is 19.1. The van der Waals surface area contributed by atoms with Gasteiger partial charge in [-0.05, 0) is 13.0 Å². The van der Waals surface area contributed by atoms with E-state index in [1.54, 1.807) is 9.47 Å². The highest BCUT2D eigenvalue weighted by Gasteiger charge is 2.36. The Morgan fingerprint density at radius 1 is 1.44 bits per heavy atom. The van der Waals surface area contributed by atoms with Gasteiger partial charge in [-0.1, -0.05) is 0 Å². The lowest BCUT2D eigenvalue weighted by Gasteiger charge is -2.31. The first-order valence-electron chi connectivity index (χ1n) is 8.67. The molecule has 0 amide bonds. The van der Waals surface area contributed by atoms with Crippen LogP contribution in [-0.2, 0) is 0 Å². The molecule has 27 heavy (non-hydrogen) atoms. The first kappa shape index (κ1) is 17.7. The van der Waals surface area contributed by atoms with Crippen molar-refractivity contribution in [3.8, 4) is 5.75 Å². The SMILES string of the molecule is CC1COc2c(N3C[C@H](CF)[C@H](N)C3)c(F)cc3c(=O)c(C(=O)O)cn1c23. The average Bonchev–Trinajstić information content (AvgIpc) is 2.99. The second kappa shape index (κ2) is 6.19. The van der Waals surface area contributed by atoms with Crippen LogP contribution in [-0.4, -0.2) is 48.1 Å². The van der Waals surface area contributed by atoms with Gasteiger partial charge in [0.15, 0.2) is 11.6 Å². The number of alkyl halides is 1. The van der Waals surface area contributed by atoms with Gasteiger partial charge in [0.1, 0.15) is 17.9 Å². The molecule has 2 aliphatic heterocycles. The third-order valence-electron chi connectivity index (χ3n) is 5.38. The van der Waals surface area contributed by atoms with Crippen LogP contribution in [0.4, 0.5) is 14.5 Å². The number of pyridine rings is 1. The van der Waals surface area contributed by atoms with E-state index in [0.29, 0.717) is 5.52 Å². The maximum atomic E-state index is 15.0. The van der Waals surface area contributed by atoms with Crippen LogP contribution in [0.15, 0.2) is 17.1 Å². The number of halogens is 2. The fraction of sp³-hybridized carbons (Fsp3) is 0.444. The number of nitrogens with two attached hydrogens (primary N) is 1. The van der Waals surface area contributed by atoms with E-state index in [0.717, 1.165) is 6.07 Å². The van der Waals surface area contributed by atoms with Crippen molar-refractivity contribution in [3.63, 3.8) is 0 Å². The summed E-state index contributed by atoms with van der Waals surface area (Å²) in [6, 6.07) is 0.364. The summed E-state index contributed by atoms with van der Waals surface area (Å²) in [5.74, 6) is -2.33. The van der Waals surface area contributed by atoms with E-state index in [9.17, 15) is 23.5 Å². The molecule has 0 aliphatic carbocycles. The van der Waals surface area contributed by atoms with Crippen LogP contribution in [0.3, 0.4) is 0 Å². The van der Waals surface area contributed by atoms with Crippen molar-refractivity contribution in [2.45, 2.75) is 19.0 Å². The van der Waals surface area contributed by atoms with Crippen molar-refractivity contribution in [1.82, 2.24) is 4.57 Å². The number of carboxylic acid groups (broad SMARTS) is 1. The fourth-order valence-electron chi connectivity index (χ4n) is 3.90. The van der Waals surface area contributed by atoms with Gasteiger partial charge in [-0.3, -0.25) is 9.18 Å². The molecule has 7 nitrogen and oxygen atoms in total. The second-order valence-corrected chi connectivity index (χ2v) is 7.16. The van der Waals surface area contributed by atoms with Crippen LogP contribution >= 0.6 is 0 Å². The van der Waals surface area contributed by atoms with Gasteiger partial charge in [0.25, 0.3) is 0 Å². The van der Waals surface area contributed by atoms with Crippen LogP contribution in [0.5, 0.6) is 5.75 Å². The maximum Gasteiger partial charge on any atom is 0.341 e. The minimum Gasteiger partial charge on any atom is -0.487 e. The van der Waals surface area contributed by atoms with Gasteiger partial charge in [0.2, 0.25) is 5.43 Å². The summed E-state index contributed by atoms with van der Waals surface area (Å²) in [7, 11) is 0. The number of ether oxygens (including phenoxy) is 1. The highest BCUT2D eigenvalue weighted by molar-refractivity contribution is 5.97. The molecule has 0 bridgehead atoms. The van der Waals surface area contributed by atoms with E-state index in [2.05, 4.69) is 0 Å². The standard InChI is InChI=1S/C18H19F2N3O4/c1-8-7-27-17-14-10(16(24)11(18(25)26)5-23(8)14)2-12(20)15(17)22-4-9(3-19)13(21)6-22/h2,5,8-9,13H,3-4,6-7,21H2,1H3,(H,25,26)/t8?,9-,13+/m0/s1. The Balaban J connectivity index is 2.00. The van der Waals surface area contributed by atoms with Gasteiger partial charge in [-0.15, -0.1) is 0 Å². The molecule has 2 aromatic rings. The Morgan fingerprint density at radius 3 is 2.81 bits per heavy atom. The molecule has 1 aromatic carbocycles. The molecule has 4 rings (SSSR count). The first-order chi connectivity index (χ1) is 12.8. The van der Waals surface area contributed by atoms with E-state index >= 15 is 0 Å². The summed E-state index contributed by atoms with van der Waals surface area (Å²) in [5, 5.41) is 9.25. The van der Waals surface area contributed by atoms with Gasteiger partial charge in [-0.2, -0.15) is 0 Å². The summed E-state index contributed by atoms with van der Waals surface area (Å²) in [4.78, 5) is 25.6. The monoisotopic (exact) mass is 379 g/mol. The number of anilines is 1. The molecule has 3 N–H and O–H groups in total. The number of benzene rings is 1. The number of hydrogen-bond donors (Lipinski definition) is 2. The lowest BCUT2D eigenvalue weighted by molar-refractivity contribution is 0.0694. The van der Waals surface area contributed by atoms with Crippen LogP contribution < -0.4 is 20.8 Å². The van der Waals surface area contributed by atoms with E-state index < -0.39 is 41.4 Å². The third-order valence-corrected chi connectivity index (χ3v) is 5.38. The summed E-state index contributed by atoms with van der Waals surface area (Å²) >= 11 is 0. The molecule has 0 radical (unpaired) electrons. The van der Waals surface area contributed by atoms with E-state index in [1.165, 1.54) is 6.20 Å². The fourth-order valence-corrected chi connectivity index (χ4v) is 3.90. The number of carbonyl (C=O) groups is 1. The quantitative estimate of drug-likeness (QED) is 0.839. The summed E-state index contributed by atoms with van der Waals surface area (Å²) in [6.07, 6.45) is 1.27. The number of aromatic nitrogens is 1. The normalized spacial score (nSPS) is 24.3. The average molecular weight is 379 g/mol. The number of hydrogen-bond acceptors (Lipinski definition) is 5. The topological polar surface area (TPSA) is 97.8 Å². The number of nitrogens with zero attached hydrogens (tertiary/aromatic N) is 2. The van der Waals surface area contributed by atoms with E-state index in [1.807, 2.05) is 6.92 Å². The predicted octanol–water partition coefficient (Wildman–Crippen LogP) is 1.53. The van der Waals surface area contributed by atoms with Crippen LogP contribution in [0.1, 0.15) is 23.3 Å². The number of carboxylic acids is 1. The molecule has 3 atom stereocenters. The molecule has 0 spiro atoms. The first-order valence-corrected chi connectivity index (χ1v) is 8.67. The molecule has 1 fully saturated rings. The van der Waals surface area contributed by atoms with E-state index in [4.69, 9.17) is 10.5 Å². The number of aromatic carboxylic acids is 1. The third kappa shape index (κ3) is 2.56. The zero-order valence-electron chi connectivity index (χ0n) is 14.6. The Kier molecular flexibility index (Phi) is 4.06. The van der Waals surface area contributed by atoms with Crippen LogP contribution in [0, 0.1) is 11.7 Å². The van der Waals surface area contributed by atoms with Crippen molar-refractivity contribution in [1.29, 1.82) is 0 Å². The largest absolute Gasteiger partial charge is 0.487 e. The van der Waals surface area contributed by atoms with Crippen LogP contribution in [0.25, 0.3) is 10.9 Å². The molecular weight excluding hydrogens is 360 g/mol. The molecular formula is C18H19F2N3O4. The zero-order valence-corrected chi connectivity index (χ0v) is 14.6. The highest BCUT2D eigenvalue weighted by Crippen LogP contribution is 2.43. The Bertz CT molecular complexity index is 1010. The van der Waals surface area contributed by atoms with Crippen molar-refractivity contribution >= 4 is 22.6 Å². The smallest absolute Gasteiger partial charge is 0.341 e. The molecule has 1 saturated heterocycles. The van der Waals surface area contributed by atoms with Gasteiger partial charge in [0.05, 0.1) is 23.6 Å². The molecule has 1 unspecified atom stereocenters. The lowest BCUT2D eigenvalue weighted by Crippen LogP contribution is -2.31. The summed E-state index contributed by atoms with van der Waals surface area (Å²) in [6.45, 7) is 1.90. The minimum atomic E-state index is -1.37. The van der Waals surface area contributed by atoms with Gasteiger partial charge >= 0.3 is 5.97 Å². The molecule has 3 heterocycles. The molecule has 0 saturated carbocycles. The molecule has 144 valence electrons. The minimum absolute atomic E-state index is 0.0526. The second-order valence-electron chi connectivity index (χ2n) is 7.16. The van der Waals surface area contributed by atoms with Crippen molar-refractivity contribution in [3.05, 3.63) is 33.9 Å².